The van der Waals surface area contributed by atoms with Crippen LogP contribution in [0.5, 0.6) is 0 Å². The van der Waals surface area contributed by atoms with Gasteiger partial charge >= 0.3 is 0 Å². The highest BCUT2D eigenvalue weighted by Gasteiger charge is 2.17. The van der Waals surface area contributed by atoms with Crippen LogP contribution in [0.15, 0.2) is 0 Å². The predicted molar refractivity (Wildman–Crippen MR) is 63.8 cm³/mol. The first kappa shape index (κ1) is 13.0. The quantitative estimate of drug-likeness (QED) is 0.758. The standard InChI is InChI=1S/C11H23NO2S/c1-3-15(13,14)9-10(2)12-8-11-6-4-5-7-11/h10-12H,3-9H2,1-2H3. The third kappa shape index (κ3) is 4.98. The Morgan fingerprint density at radius 2 is 1.93 bits per heavy atom. The zero-order valence-electron chi connectivity index (χ0n) is 9.83. The molecule has 90 valence electrons. The van der Waals surface area contributed by atoms with Crippen molar-refractivity contribution < 1.29 is 8.42 Å². The molecule has 0 aromatic rings. The minimum atomic E-state index is -2.83. The average Bonchev–Trinajstić information content (AvgIpc) is 2.66. The molecule has 1 N–H and O–H groups in total. The van der Waals surface area contributed by atoms with E-state index in [1.807, 2.05) is 6.92 Å². The molecule has 0 spiro atoms. The highest BCUT2D eigenvalue weighted by atomic mass is 32.2. The van der Waals surface area contributed by atoms with Crippen molar-refractivity contribution in [2.24, 2.45) is 5.92 Å². The SMILES string of the molecule is CCS(=O)(=O)CC(C)NCC1CCCC1. The van der Waals surface area contributed by atoms with E-state index in [1.54, 1.807) is 6.92 Å². The summed E-state index contributed by atoms with van der Waals surface area (Å²) in [6.45, 7) is 4.65. The Hall–Kier alpha value is -0.0900. The van der Waals surface area contributed by atoms with Crippen molar-refractivity contribution in [1.29, 1.82) is 0 Å². The van der Waals surface area contributed by atoms with Gasteiger partial charge in [-0.1, -0.05) is 19.8 Å². The molecular formula is C11H23NO2S. The average molecular weight is 233 g/mol. The van der Waals surface area contributed by atoms with Crippen LogP contribution in [0, 0.1) is 5.92 Å². The van der Waals surface area contributed by atoms with Gasteiger partial charge in [0, 0.05) is 11.8 Å². The summed E-state index contributed by atoms with van der Waals surface area (Å²) < 4.78 is 22.7. The second-order valence-electron chi connectivity index (χ2n) is 4.66. The van der Waals surface area contributed by atoms with Gasteiger partial charge in [-0.3, -0.25) is 0 Å². The number of hydrogen-bond donors (Lipinski definition) is 1. The van der Waals surface area contributed by atoms with Crippen LogP contribution in [0.4, 0.5) is 0 Å². The monoisotopic (exact) mass is 233 g/mol. The molecule has 1 fully saturated rings. The van der Waals surface area contributed by atoms with Crippen LogP contribution in [-0.2, 0) is 9.84 Å². The van der Waals surface area contributed by atoms with E-state index in [4.69, 9.17) is 0 Å². The molecule has 0 radical (unpaired) electrons. The van der Waals surface area contributed by atoms with Gasteiger partial charge in [-0.15, -0.1) is 0 Å². The van der Waals surface area contributed by atoms with Crippen LogP contribution in [0.25, 0.3) is 0 Å². The lowest BCUT2D eigenvalue weighted by atomic mass is 10.1. The first-order valence-electron chi connectivity index (χ1n) is 5.97. The van der Waals surface area contributed by atoms with E-state index in [0.29, 0.717) is 0 Å². The van der Waals surface area contributed by atoms with Crippen molar-refractivity contribution in [2.75, 3.05) is 18.1 Å². The van der Waals surface area contributed by atoms with E-state index in [2.05, 4.69) is 5.32 Å². The lowest BCUT2D eigenvalue weighted by molar-refractivity contribution is 0.457. The molecule has 0 aromatic carbocycles. The molecule has 1 unspecified atom stereocenters. The Balaban J connectivity index is 2.20. The maximum absolute atomic E-state index is 11.4. The molecule has 1 atom stereocenters. The zero-order valence-corrected chi connectivity index (χ0v) is 10.6. The van der Waals surface area contributed by atoms with E-state index < -0.39 is 9.84 Å². The summed E-state index contributed by atoms with van der Waals surface area (Å²) in [5, 5.41) is 3.34. The van der Waals surface area contributed by atoms with E-state index in [-0.39, 0.29) is 17.5 Å². The largest absolute Gasteiger partial charge is 0.313 e. The molecule has 0 aliphatic heterocycles. The maximum atomic E-state index is 11.4. The first-order chi connectivity index (χ1) is 7.03. The van der Waals surface area contributed by atoms with Crippen LogP contribution in [0.3, 0.4) is 0 Å². The Bertz CT molecular complexity index is 268. The summed E-state index contributed by atoms with van der Waals surface area (Å²) >= 11 is 0. The summed E-state index contributed by atoms with van der Waals surface area (Å²) in [4.78, 5) is 0. The van der Waals surface area contributed by atoms with Gasteiger partial charge < -0.3 is 5.32 Å². The molecule has 0 aromatic heterocycles. The van der Waals surface area contributed by atoms with Crippen molar-refractivity contribution in [3.63, 3.8) is 0 Å². The third-order valence-electron chi connectivity index (χ3n) is 3.17. The maximum Gasteiger partial charge on any atom is 0.151 e. The van der Waals surface area contributed by atoms with Crippen molar-refractivity contribution in [2.45, 2.75) is 45.6 Å². The van der Waals surface area contributed by atoms with Crippen LogP contribution in [0.1, 0.15) is 39.5 Å². The third-order valence-corrected chi connectivity index (χ3v) is 5.06. The second-order valence-corrected chi connectivity index (χ2v) is 7.06. The topological polar surface area (TPSA) is 46.2 Å². The van der Waals surface area contributed by atoms with Crippen molar-refractivity contribution in [1.82, 2.24) is 5.32 Å². The highest BCUT2D eigenvalue weighted by Crippen LogP contribution is 2.23. The zero-order chi connectivity index (χ0) is 11.3. The van der Waals surface area contributed by atoms with Gasteiger partial charge in [0.15, 0.2) is 9.84 Å². The fourth-order valence-electron chi connectivity index (χ4n) is 2.14. The Kier molecular flexibility index (Phi) is 5.06. The molecule has 0 saturated heterocycles. The smallest absolute Gasteiger partial charge is 0.151 e. The summed E-state index contributed by atoms with van der Waals surface area (Å²) in [5.74, 6) is 1.30. The molecule has 3 nitrogen and oxygen atoms in total. The lowest BCUT2D eigenvalue weighted by Crippen LogP contribution is -2.36. The minimum Gasteiger partial charge on any atom is -0.313 e. The molecule has 1 saturated carbocycles. The molecule has 1 rings (SSSR count). The number of nitrogens with one attached hydrogen (secondary N) is 1. The van der Waals surface area contributed by atoms with Gasteiger partial charge in [-0.25, -0.2) is 8.42 Å². The Morgan fingerprint density at radius 1 is 1.33 bits per heavy atom. The Morgan fingerprint density at radius 3 is 2.47 bits per heavy atom. The fraction of sp³-hybridized carbons (Fsp3) is 1.00. The van der Waals surface area contributed by atoms with E-state index in [0.717, 1.165) is 12.5 Å². The van der Waals surface area contributed by atoms with E-state index in [1.165, 1.54) is 25.7 Å². The molecule has 0 heterocycles. The van der Waals surface area contributed by atoms with Crippen LogP contribution in [0.2, 0.25) is 0 Å². The van der Waals surface area contributed by atoms with Crippen LogP contribution >= 0.6 is 0 Å². The lowest BCUT2D eigenvalue weighted by Gasteiger charge is -2.16. The van der Waals surface area contributed by atoms with Crippen LogP contribution in [-0.4, -0.2) is 32.5 Å². The van der Waals surface area contributed by atoms with Crippen molar-refractivity contribution >= 4 is 9.84 Å². The summed E-state index contributed by atoms with van der Waals surface area (Å²) in [5.41, 5.74) is 0. The molecule has 15 heavy (non-hydrogen) atoms. The van der Waals surface area contributed by atoms with Crippen LogP contribution < -0.4 is 5.32 Å². The summed E-state index contributed by atoms with van der Waals surface area (Å²) in [6.07, 6.45) is 5.29. The van der Waals surface area contributed by atoms with Gasteiger partial charge in [0.1, 0.15) is 0 Å². The number of sulfone groups is 1. The molecule has 4 heteroatoms. The highest BCUT2D eigenvalue weighted by molar-refractivity contribution is 7.91. The Labute approximate surface area is 93.6 Å². The van der Waals surface area contributed by atoms with Crippen molar-refractivity contribution in [3.05, 3.63) is 0 Å². The molecule has 0 bridgehead atoms. The first-order valence-corrected chi connectivity index (χ1v) is 7.79. The van der Waals surface area contributed by atoms with Gasteiger partial charge in [-0.2, -0.15) is 0 Å². The van der Waals surface area contributed by atoms with E-state index in [9.17, 15) is 8.42 Å². The molecular weight excluding hydrogens is 210 g/mol. The van der Waals surface area contributed by atoms with Gasteiger partial charge in [0.05, 0.1) is 5.75 Å². The minimum absolute atomic E-state index is 0.0931. The molecule has 0 amide bonds. The predicted octanol–water partition coefficient (Wildman–Crippen LogP) is 1.59. The summed E-state index contributed by atoms with van der Waals surface area (Å²) in [6, 6.07) is 0.0931. The summed E-state index contributed by atoms with van der Waals surface area (Å²) in [7, 11) is -2.83. The molecule has 1 aliphatic rings. The molecule has 1 aliphatic carbocycles. The van der Waals surface area contributed by atoms with Crippen molar-refractivity contribution in [3.8, 4) is 0 Å². The van der Waals surface area contributed by atoms with Gasteiger partial charge in [-0.05, 0) is 32.2 Å². The normalized spacial score (nSPS) is 20.7. The fourth-order valence-corrected chi connectivity index (χ4v) is 3.26. The number of rotatable bonds is 6. The number of hydrogen-bond acceptors (Lipinski definition) is 3. The van der Waals surface area contributed by atoms with Gasteiger partial charge in [0.25, 0.3) is 0 Å². The van der Waals surface area contributed by atoms with E-state index >= 15 is 0 Å². The van der Waals surface area contributed by atoms with Gasteiger partial charge in [0.2, 0.25) is 0 Å². The second kappa shape index (κ2) is 5.85.